The van der Waals surface area contributed by atoms with Gasteiger partial charge in [-0.3, -0.25) is 0 Å². The van der Waals surface area contributed by atoms with E-state index in [1.54, 1.807) is 18.2 Å². The third kappa shape index (κ3) is 2.91. The van der Waals surface area contributed by atoms with Crippen molar-refractivity contribution < 1.29 is 29.5 Å². The van der Waals surface area contributed by atoms with Crippen LogP contribution in [-0.4, -0.2) is 34.1 Å². The van der Waals surface area contributed by atoms with Crippen LogP contribution in [0.1, 0.15) is 42.7 Å². The third-order valence-electron chi connectivity index (χ3n) is 4.92. The van der Waals surface area contributed by atoms with Gasteiger partial charge in [0.05, 0.1) is 18.2 Å². The fourth-order valence-electron chi connectivity index (χ4n) is 3.53. The van der Waals surface area contributed by atoms with Gasteiger partial charge in [0.2, 0.25) is 0 Å². The predicted octanol–water partition coefficient (Wildman–Crippen LogP) is 3.11. The second kappa shape index (κ2) is 6.18. The second-order valence-electron chi connectivity index (χ2n) is 7.34. The van der Waals surface area contributed by atoms with Crippen LogP contribution in [-0.2, 0) is 0 Å². The lowest BCUT2D eigenvalue weighted by Crippen LogP contribution is -2.35. The number of methoxy groups -OCH3 is 1. The first-order valence-corrected chi connectivity index (χ1v) is 8.75. The maximum atomic E-state index is 10.8. The number of fused-ring (bicyclic) bond motifs is 3. The van der Waals surface area contributed by atoms with Gasteiger partial charge in [0.25, 0.3) is 0 Å². The molecule has 3 unspecified atom stereocenters. The maximum absolute atomic E-state index is 10.8. The second-order valence-corrected chi connectivity index (χ2v) is 7.34. The Morgan fingerprint density at radius 3 is 2.48 bits per heavy atom. The van der Waals surface area contributed by atoms with E-state index in [1.165, 1.54) is 19.2 Å². The minimum absolute atomic E-state index is 0.114. The van der Waals surface area contributed by atoms with Crippen molar-refractivity contribution >= 4 is 6.08 Å². The standard InChI is InChI=1S/C21H22O6/c1-21(2)9-8-13-14(27-21)10-15(25-3)16-17(23)18(24)19(26-20(13)16)11-4-6-12(22)7-5-11/h4-10,17-19,22-24H,1-3H3. The average Bonchev–Trinajstić information content (AvgIpc) is 2.63. The highest BCUT2D eigenvalue weighted by atomic mass is 16.5. The number of benzene rings is 2. The Hall–Kier alpha value is -2.70. The molecule has 0 radical (unpaired) electrons. The van der Waals surface area contributed by atoms with E-state index in [9.17, 15) is 15.3 Å². The van der Waals surface area contributed by atoms with E-state index in [0.717, 1.165) is 0 Å². The lowest BCUT2D eigenvalue weighted by atomic mass is 9.88. The maximum Gasteiger partial charge on any atom is 0.152 e. The molecule has 27 heavy (non-hydrogen) atoms. The van der Waals surface area contributed by atoms with Crippen molar-refractivity contribution in [3.63, 3.8) is 0 Å². The van der Waals surface area contributed by atoms with Gasteiger partial charge in [0.15, 0.2) is 6.10 Å². The Kier molecular flexibility index (Phi) is 4.05. The largest absolute Gasteiger partial charge is 0.508 e. The van der Waals surface area contributed by atoms with Crippen LogP contribution >= 0.6 is 0 Å². The SMILES string of the molecule is COc1cc2c(c3c1C(O)C(O)C(c1ccc(O)cc1)O3)C=CC(C)(C)O2. The van der Waals surface area contributed by atoms with E-state index in [0.29, 0.717) is 33.9 Å². The third-order valence-corrected chi connectivity index (χ3v) is 4.92. The number of aliphatic hydroxyl groups is 2. The van der Waals surface area contributed by atoms with E-state index in [1.807, 2.05) is 26.0 Å². The van der Waals surface area contributed by atoms with Crippen molar-refractivity contribution in [2.24, 2.45) is 0 Å². The van der Waals surface area contributed by atoms with E-state index < -0.39 is 23.9 Å². The van der Waals surface area contributed by atoms with Gasteiger partial charge in [-0.1, -0.05) is 12.1 Å². The first kappa shape index (κ1) is 17.7. The highest BCUT2D eigenvalue weighted by Gasteiger charge is 2.42. The van der Waals surface area contributed by atoms with Gasteiger partial charge in [-0.25, -0.2) is 0 Å². The zero-order valence-corrected chi connectivity index (χ0v) is 15.3. The summed E-state index contributed by atoms with van der Waals surface area (Å²) >= 11 is 0. The van der Waals surface area contributed by atoms with Crippen molar-refractivity contribution in [2.45, 2.75) is 37.8 Å². The average molecular weight is 370 g/mol. The van der Waals surface area contributed by atoms with Gasteiger partial charge < -0.3 is 29.5 Å². The quantitative estimate of drug-likeness (QED) is 0.753. The topological polar surface area (TPSA) is 88.4 Å². The fourth-order valence-corrected chi connectivity index (χ4v) is 3.53. The monoisotopic (exact) mass is 370 g/mol. The van der Waals surface area contributed by atoms with Crippen LogP contribution in [0.3, 0.4) is 0 Å². The summed E-state index contributed by atoms with van der Waals surface area (Å²) in [6, 6.07) is 8.05. The molecule has 2 heterocycles. The van der Waals surface area contributed by atoms with Crippen LogP contribution in [0, 0.1) is 0 Å². The molecular formula is C21H22O6. The number of aliphatic hydroxyl groups excluding tert-OH is 2. The van der Waals surface area contributed by atoms with Crippen molar-refractivity contribution in [3.8, 4) is 23.0 Å². The van der Waals surface area contributed by atoms with Crippen LogP contribution in [0.25, 0.3) is 6.08 Å². The molecule has 2 aromatic rings. The Balaban J connectivity index is 1.86. The molecule has 0 amide bonds. The van der Waals surface area contributed by atoms with Gasteiger partial charge in [-0.15, -0.1) is 0 Å². The van der Waals surface area contributed by atoms with Crippen LogP contribution < -0.4 is 14.2 Å². The molecule has 0 saturated heterocycles. The number of rotatable bonds is 2. The van der Waals surface area contributed by atoms with Crippen molar-refractivity contribution in [1.82, 2.24) is 0 Å². The molecule has 0 aromatic heterocycles. The van der Waals surface area contributed by atoms with Crippen LogP contribution in [0.2, 0.25) is 0 Å². The molecule has 3 atom stereocenters. The molecule has 0 aliphatic carbocycles. The predicted molar refractivity (Wildman–Crippen MR) is 99.2 cm³/mol. The van der Waals surface area contributed by atoms with Crippen molar-refractivity contribution in [1.29, 1.82) is 0 Å². The first-order valence-electron chi connectivity index (χ1n) is 8.75. The lowest BCUT2D eigenvalue weighted by molar-refractivity contribution is -0.0712. The summed E-state index contributed by atoms with van der Waals surface area (Å²) in [6.07, 6.45) is 0.621. The Morgan fingerprint density at radius 2 is 1.81 bits per heavy atom. The Bertz CT molecular complexity index is 900. The molecule has 2 aromatic carbocycles. The highest BCUT2D eigenvalue weighted by molar-refractivity contribution is 5.73. The molecule has 0 spiro atoms. The highest BCUT2D eigenvalue weighted by Crippen LogP contribution is 2.52. The number of phenols is 1. The normalized spacial score (nSPS) is 25.0. The van der Waals surface area contributed by atoms with Gasteiger partial charge in [0.1, 0.15) is 40.8 Å². The summed E-state index contributed by atoms with van der Waals surface area (Å²) in [5.74, 6) is 1.52. The lowest BCUT2D eigenvalue weighted by Gasteiger charge is -2.38. The number of phenolic OH excluding ortho intramolecular Hbond substituents is 1. The van der Waals surface area contributed by atoms with Gasteiger partial charge in [-0.2, -0.15) is 0 Å². The molecule has 3 N–H and O–H groups in total. The molecular weight excluding hydrogens is 348 g/mol. The molecule has 0 fully saturated rings. The summed E-state index contributed by atoms with van der Waals surface area (Å²) in [4.78, 5) is 0. The van der Waals surface area contributed by atoms with Crippen LogP contribution in [0.4, 0.5) is 0 Å². The first-order chi connectivity index (χ1) is 12.8. The van der Waals surface area contributed by atoms with Crippen molar-refractivity contribution in [2.75, 3.05) is 7.11 Å². The molecule has 0 bridgehead atoms. The fraction of sp³-hybridized carbons (Fsp3) is 0.333. The van der Waals surface area contributed by atoms with Gasteiger partial charge in [-0.05, 0) is 43.7 Å². The summed E-state index contributed by atoms with van der Waals surface area (Å²) in [5.41, 5.74) is 1.25. The molecule has 2 aliphatic rings. The Morgan fingerprint density at radius 1 is 1.11 bits per heavy atom. The molecule has 142 valence electrons. The summed E-state index contributed by atoms with van der Waals surface area (Å²) in [5, 5.41) is 31.0. The van der Waals surface area contributed by atoms with Crippen LogP contribution in [0.15, 0.2) is 36.4 Å². The zero-order valence-electron chi connectivity index (χ0n) is 15.3. The molecule has 2 aliphatic heterocycles. The minimum Gasteiger partial charge on any atom is -0.508 e. The number of hydrogen-bond acceptors (Lipinski definition) is 6. The number of ether oxygens (including phenoxy) is 3. The molecule has 4 rings (SSSR count). The van der Waals surface area contributed by atoms with E-state index >= 15 is 0 Å². The summed E-state index contributed by atoms with van der Waals surface area (Å²) < 4.78 is 17.6. The molecule has 6 heteroatoms. The van der Waals surface area contributed by atoms with E-state index in [4.69, 9.17) is 14.2 Å². The molecule has 0 saturated carbocycles. The zero-order chi connectivity index (χ0) is 19.3. The van der Waals surface area contributed by atoms with Crippen molar-refractivity contribution in [3.05, 3.63) is 53.1 Å². The van der Waals surface area contributed by atoms with Gasteiger partial charge >= 0.3 is 0 Å². The summed E-state index contributed by atoms with van der Waals surface area (Å²) in [6.45, 7) is 3.88. The molecule has 6 nitrogen and oxygen atoms in total. The van der Waals surface area contributed by atoms with Crippen LogP contribution in [0.5, 0.6) is 23.0 Å². The number of hydrogen-bond donors (Lipinski definition) is 3. The smallest absolute Gasteiger partial charge is 0.152 e. The summed E-state index contributed by atoms with van der Waals surface area (Å²) in [7, 11) is 1.50. The van der Waals surface area contributed by atoms with E-state index in [2.05, 4.69) is 0 Å². The minimum atomic E-state index is -1.20. The Labute approximate surface area is 157 Å². The number of aromatic hydroxyl groups is 1. The van der Waals surface area contributed by atoms with Gasteiger partial charge in [0, 0.05) is 6.07 Å². The van der Waals surface area contributed by atoms with E-state index in [-0.39, 0.29) is 5.75 Å².